The molecule has 4 heteroatoms. The number of amides is 1. The number of carbonyl (C=O) groups excluding carboxylic acids is 1. The number of anilines is 1. The molecule has 2 rings (SSSR count). The molecular weight excluding hydrogens is 264 g/mol. The lowest BCUT2D eigenvalue weighted by Crippen LogP contribution is -2.14. The Kier molecular flexibility index (Phi) is 4.37. The largest absolute Gasteiger partial charge is 0.508 e. The molecule has 0 unspecified atom stereocenters. The summed E-state index contributed by atoms with van der Waals surface area (Å²) in [6.45, 7) is 1.88. The number of phenols is 1. The number of hydrogen-bond acceptors (Lipinski definition) is 3. The molecule has 2 N–H and O–H groups in total. The highest BCUT2D eigenvalue weighted by atomic mass is 16.3. The molecule has 0 aromatic heterocycles. The van der Waals surface area contributed by atoms with Crippen LogP contribution in [0.3, 0.4) is 0 Å². The van der Waals surface area contributed by atoms with Crippen LogP contribution in [0.4, 0.5) is 5.69 Å². The van der Waals surface area contributed by atoms with Crippen LogP contribution in [0, 0.1) is 18.3 Å². The van der Waals surface area contributed by atoms with Crippen LogP contribution < -0.4 is 5.32 Å². The molecule has 2 aromatic rings. The van der Waals surface area contributed by atoms with Crippen molar-refractivity contribution in [1.82, 2.24) is 0 Å². The number of nitriles is 1. The Labute approximate surface area is 123 Å². The molecule has 0 saturated heterocycles. The highest BCUT2D eigenvalue weighted by Gasteiger charge is 2.10. The Balaban J connectivity index is 2.21. The summed E-state index contributed by atoms with van der Waals surface area (Å²) in [5.74, 6) is -0.324. The molecule has 0 fully saturated rings. The van der Waals surface area contributed by atoms with Gasteiger partial charge in [-0.2, -0.15) is 5.26 Å². The van der Waals surface area contributed by atoms with E-state index < -0.39 is 5.91 Å². The lowest BCUT2D eigenvalue weighted by atomic mass is 10.1. The van der Waals surface area contributed by atoms with Crippen molar-refractivity contribution in [2.45, 2.75) is 6.92 Å². The molecular formula is C17H14N2O2. The SMILES string of the molecule is Cc1ccccc1NC(=O)/C(C#N)=C/c1ccc(O)cc1. The van der Waals surface area contributed by atoms with Gasteiger partial charge in [0.2, 0.25) is 0 Å². The maximum atomic E-state index is 12.1. The summed E-state index contributed by atoms with van der Waals surface area (Å²) in [5, 5.41) is 21.1. The number of aryl methyl sites for hydroxylation is 1. The number of hydrogen-bond donors (Lipinski definition) is 2. The van der Waals surface area contributed by atoms with E-state index in [0.717, 1.165) is 5.56 Å². The van der Waals surface area contributed by atoms with Gasteiger partial charge in [-0.1, -0.05) is 30.3 Å². The van der Waals surface area contributed by atoms with Gasteiger partial charge in [-0.15, -0.1) is 0 Å². The van der Waals surface area contributed by atoms with Crippen molar-refractivity contribution < 1.29 is 9.90 Å². The third-order valence-corrected chi connectivity index (χ3v) is 2.96. The summed E-state index contributed by atoms with van der Waals surface area (Å²) in [4.78, 5) is 12.1. The second-order valence-electron chi connectivity index (χ2n) is 4.53. The van der Waals surface area contributed by atoms with Gasteiger partial charge in [-0.25, -0.2) is 0 Å². The van der Waals surface area contributed by atoms with Gasteiger partial charge in [0.05, 0.1) is 0 Å². The minimum Gasteiger partial charge on any atom is -0.508 e. The minimum absolute atomic E-state index is 0.00365. The molecule has 0 aliphatic carbocycles. The van der Waals surface area contributed by atoms with Crippen molar-refractivity contribution >= 4 is 17.7 Å². The fourth-order valence-corrected chi connectivity index (χ4v) is 1.79. The van der Waals surface area contributed by atoms with Crippen molar-refractivity contribution in [3.05, 3.63) is 65.2 Å². The van der Waals surface area contributed by atoms with Gasteiger partial charge in [0.15, 0.2) is 0 Å². The zero-order valence-electron chi connectivity index (χ0n) is 11.5. The summed E-state index contributed by atoms with van der Waals surface area (Å²) < 4.78 is 0. The fraction of sp³-hybridized carbons (Fsp3) is 0.0588. The van der Waals surface area contributed by atoms with Gasteiger partial charge < -0.3 is 10.4 Å². The van der Waals surface area contributed by atoms with E-state index in [1.54, 1.807) is 18.2 Å². The maximum absolute atomic E-state index is 12.1. The van der Waals surface area contributed by atoms with Crippen LogP contribution in [-0.2, 0) is 4.79 Å². The molecule has 0 bridgehead atoms. The highest BCUT2D eigenvalue weighted by molar-refractivity contribution is 6.09. The first-order chi connectivity index (χ1) is 10.1. The molecule has 0 spiro atoms. The number of phenolic OH excluding ortho intramolecular Hbond substituents is 1. The molecule has 4 nitrogen and oxygen atoms in total. The number of nitrogens with zero attached hydrogens (tertiary/aromatic N) is 1. The molecule has 0 aliphatic rings. The first-order valence-electron chi connectivity index (χ1n) is 6.38. The summed E-state index contributed by atoms with van der Waals surface area (Å²) in [7, 11) is 0. The molecule has 0 saturated carbocycles. The van der Waals surface area contributed by atoms with E-state index in [-0.39, 0.29) is 11.3 Å². The van der Waals surface area contributed by atoms with Crippen LogP contribution in [0.5, 0.6) is 5.75 Å². The summed E-state index contributed by atoms with van der Waals surface area (Å²) >= 11 is 0. The number of aromatic hydroxyl groups is 1. The molecule has 0 heterocycles. The van der Waals surface area contributed by atoms with Crippen LogP contribution in [-0.4, -0.2) is 11.0 Å². The zero-order valence-corrected chi connectivity index (χ0v) is 11.5. The second kappa shape index (κ2) is 6.40. The normalized spacial score (nSPS) is 10.8. The van der Waals surface area contributed by atoms with Gasteiger partial charge in [0.1, 0.15) is 17.4 Å². The number of carbonyl (C=O) groups is 1. The lowest BCUT2D eigenvalue weighted by molar-refractivity contribution is -0.112. The van der Waals surface area contributed by atoms with Gasteiger partial charge in [-0.05, 0) is 42.3 Å². The minimum atomic E-state index is -0.458. The van der Waals surface area contributed by atoms with E-state index in [9.17, 15) is 9.90 Å². The van der Waals surface area contributed by atoms with Crippen LogP contribution in [0.1, 0.15) is 11.1 Å². The molecule has 0 aliphatic heterocycles. The van der Waals surface area contributed by atoms with Crippen molar-refractivity contribution in [2.75, 3.05) is 5.32 Å². The summed E-state index contributed by atoms with van der Waals surface area (Å²) in [6.07, 6.45) is 1.48. The lowest BCUT2D eigenvalue weighted by Gasteiger charge is -2.07. The van der Waals surface area contributed by atoms with Gasteiger partial charge in [0.25, 0.3) is 5.91 Å². The van der Waals surface area contributed by atoms with Crippen LogP contribution in [0.2, 0.25) is 0 Å². The Hall–Kier alpha value is -3.06. The topological polar surface area (TPSA) is 73.1 Å². The maximum Gasteiger partial charge on any atom is 0.266 e. The Morgan fingerprint density at radius 2 is 1.86 bits per heavy atom. The fourth-order valence-electron chi connectivity index (χ4n) is 1.79. The molecule has 21 heavy (non-hydrogen) atoms. The Morgan fingerprint density at radius 3 is 2.48 bits per heavy atom. The molecule has 1 amide bonds. The van der Waals surface area contributed by atoms with E-state index in [1.807, 2.05) is 31.2 Å². The van der Waals surface area contributed by atoms with E-state index >= 15 is 0 Å². The molecule has 104 valence electrons. The third kappa shape index (κ3) is 3.71. The Bertz CT molecular complexity index is 725. The standard InChI is InChI=1S/C17H14N2O2/c1-12-4-2-3-5-16(12)19-17(21)14(11-18)10-13-6-8-15(20)9-7-13/h2-10,20H,1H3,(H,19,21)/b14-10+. The monoisotopic (exact) mass is 278 g/mol. The third-order valence-electron chi connectivity index (χ3n) is 2.96. The van der Waals surface area contributed by atoms with Gasteiger partial charge in [0, 0.05) is 5.69 Å². The number of benzene rings is 2. The molecule has 0 atom stereocenters. The highest BCUT2D eigenvalue weighted by Crippen LogP contribution is 2.16. The summed E-state index contributed by atoms with van der Waals surface area (Å²) in [6, 6.07) is 15.5. The average molecular weight is 278 g/mol. The van der Waals surface area contributed by atoms with Crippen molar-refractivity contribution in [2.24, 2.45) is 0 Å². The number of nitrogens with one attached hydrogen (secondary N) is 1. The van der Waals surface area contributed by atoms with Gasteiger partial charge in [-0.3, -0.25) is 4.79 Å². The average Bonchev–Trinajstić information content (AvgIpc) is 2.49. The van der Waals surface area contributed by atoms with Crippen LogP contribution in [0.15, 0.2) is 54.1 Å². The quantitative estimate of drug-likeness (QED) is 0.668. The van der Waals surface area contributed by atoms with E-state index in [0.29, 0.717) is 11.3 Å². The van der Waals surface area contributed by atoms with Crippen molar-refractivity contribution in [3.8, 4) is 11.8 Å². The zero-order chi connectivity index (χ0) is 15.2. The Morgan fingerprint density at radius 1 is 1.19 bits per heavy atom. The predicted molar refractivity (Wildman–Crippen MR) is 81.5 cm³/mol. The number of para-hydroxylation sites is 1. The van der Waals surface area contributed by atoms with Crippen LogP contribution in [0.25, 0.3) is 6.08 Å². The van der Waals surface area contributed by atoms with Crippen molar-refractivity contribution in [3.63, 3.8) is 0 Å². The molecule has 0 radical (unpaired) electrons. The van der Waals surface area contributed by atoms with E-state index in [1.165, 1.54) is 18.2 Å². The smallest absolute Gasteiger partial charge is 0.266 e. The van der Waals surface area contributed by atoms with Gasteiger partial charge >= 0.3 is 0 Å². The second-order valence-corrected chi connectivity index (χ2v) is 4.53. The van der Waals surface area contributed by atoms with E-state index in [4.69, 9.17) is 5.26 Å². The van der Waals surface area contributed by atoms with Crippen molar-refractivity contribution in [1.29, 1.82) is 5.26 Å². The van der Waals surface area contributed by atoms with Crippen LogP contribution >= 0.6 is 0 Å². The summed E-state index contributed by atoms with van der Waals surface area (Å²) in [5.41, 5.74) is 2.27. The first-order valence-corrected chi connectivity index (χ1v) is 6.38. The molecule has 2 aromatic carbocycles. The predicted octanol–water partition coefficient (Wildman–Crippen LogP) is 3.25. The van der Waals surface area contributed by atoms with E-state index in [2.05, 4.69) is 5.32 Å². The number of rotatable bonds is 3. The first kappa shape index (κ1) is 14.4.